The Labute approximate surface area is 112 Å². The Balaban J connectivity index is 3.46. The van der Waals surface area contributed by atoms with Crippen LogP contribution in [0.15, 0.2) is 12.1 Å². The van der Waals surface area contributed by atoms with Crippen molar-refractivity contribution >= 4 is 28.4 Å². The third-order valence-corrected chi connectivity index (χ3v) is 3.06. The summed E-state index contributed by atoms with van der Waals surface area (Å²) in [6.45, 7) is -2.28. The van der Waals surface area contributed by atoms with Crippen molar-refractivity contribution in [2.45, 2.75) is 19.7 Å². The van der Waals surface area contributed by atoms with Gasteiger partial charge >= 0.3 is 12.8 Å². The summed E-state index contributed by atoms with van der Waals surface area (Å²) in [6.07, 6.45) is -4.83. The Morgan fingerprint density at radius 2 is 1.89 bits per heavy atom. The van der Waals surface area contributed by atoms with E-state index in [0.717, 1.165) is 13.0 Å². The van der Waals surface area contributed by atoms with Gasteiger partial charge in [0.1, 0.15) is 0 Å². The van der Waals surface area contributed by atoms with Gasteiger partial charge in [-0.3, -0.25) is 4.79 Å². The second-order valence-corrected chi connectivity index (χ2v) is 4.31. The van der Waals surface area contributed by atoms with Crippen molar-refractivity contribution < 1.29 is 31.5 Å². The summed E-state index contributed by atoms with van der Waals surface area (Å²) in [5, 5.41) is 0. The van der Waals surface area contributed by atoms with Gasteiger partial charge in [-0.15, -0.1) is 0 Å². The van der Waals surface area contributed by atoms with Gasteiger partial charge in [-0.05, 0) is 41.6 Å². The fourth-order valence-corrected chi connectivity index (χ4v) is 2.23. The monoisotopic (exact) mass is 380 g/mol. The molecule has 0 saturated heterocycles. The van der Waals surface area contributed by atoms with Crippen molar-refractivity contribution in [1.82, 2.24) is 0 Å². The molecule has 1 rings (SSSR count). The highest BCUT2D eigenvalue weighted by molar-refractivity contribution is 14.1. The molecular formula is C10H6F5IO2. The third-order valence-electron chi connectivity index (χ3n) is 1.99. The maximum Gasteiger partial charge on any atom is 0.420 e. The maximum absolute atomic E-state index is 12.6. The molecule has 0 N–H and O–H groups in total. The van der Waals surface area contributed by atoms with Gasteiger partial charge in [0.15, 0.2) is 11.5 Å². The first-order chi connectivity index (χ1) is 8.14. The van der Waals surface area contributed by atoms with Crippen LogP contribution in [-0.2, 0) is 6.18 Å². The first kappa shape index (κ1) is 15.1. The number of rotatable bonds is 3. The summed E-state index contributed by atoms with van der Waals surface area (Å²) in [7, 11) is 0. The highest BCUT2D eigenvalue weighted by atomic mass is 127. The lowest BCUT2D eigenvalue weighted by molar-refractivity contribution is -0.142. The lowest BCUT2D eigenvalue weighted by atomic mass is 10.1. The van der Waals surface area contributed by atoms with Crippen LogP contribution < -0.4 is 4.74 Å². The van der Waals surface area contributed by atoms with Crippen LogP contribution in [0, 0.1) is 3.57 Å². The Bertz CT molecular complexity index is 470. The van der Waals surface area contributed by atoms with Crippen LogP contribution in [-0.4, -0.2) is 12.4 Å². The van der Waals surface area contributed by atoms with E-state index in [4.69, 9.17) is 0 Å². The molecule has 1 aromatic rings. The summed E-state index contributed by atoms with van der Waals surface area (Å²) >= 11 is 1.38. The smallest absolute Gasteiger partial charge is 0.420 e. The molecule has 18 heavy (non-hydrogen) atoms. The number of ether oxygens (including phenoxy) is 1. The number of hydrogen-bond donors (Lipinski definition) is 0. The molecule has 0 spiro atoms. The minimum absolute atomic E-state index is 0.0979. The first-order valence-corrected chi connectivity index (χ1v) is 5.58. The summed E-state index contributed by atoms with van der Waals surface area (Å²) in [6, 6.07) is 1.49. The Morgan fingerprint density at radius 1 is 1.33 bits per heavy atom. The van der Waals surface area contributed by atoms with Crippen LogP contribution in [0.1, 0.15) is 22.8 Å². The molecule has 8 heteroatoms. The number of benzene rings is 1. The van der Waals surface area contributed by atoms with Crippen LogP contribution in [0.5, 0.6) is 5.75 Å². The highest BCUT2D eigenvalue weighted by Gasteiger charge is 2.37. The minimum atomic E-state index is -4.83. The van der Waals surface area contributed by atoms with Crippen LogP contribution in [0.3, 0.4) is 0 Å². The molecule has 0 radical (unpaired) electrons. The predicted molar refractivity (Wildman–Crippen MR) is 60.8 cm³/mol. The first-order valence-electron chi connectivity index (χ1n) is 4.50. The lowest BCUT2D eigenvalue weighted by Crippen LogP contribution is -2.14. The van der Waals surface area contributed by atoms with Crippen molar-refractivity contribution in [2.24, 2.45) is 0 Å². The SMILES string of the molecule is CC(=O)c1ccc(C(F)(F)F)c(OC(F)F)c1I. The van der Waals surface area contributed by atoms with E-state index in [-0.39, 0.29) is 9.13 Å². The minimum Gasteiger partial charge on any atom is -0.433 e. The van der Waals surface area contributed by atoms with E-state index >= 15 is 0 Å². The van der Waals surface area contributed by atoms with E-state index in [9.17, 15) is 26.7 Å². The van der Waals surface area contributed by atoms with Gasteiger partial charge < -0.3 is 4.74 Å². The molecule has 0 aliphatic heterocycles. The molecule has 0 aliphatic carbocycles. The normalized spacial score (nSPS) is 11.8. The van der Waals surface area contributed by atoms with Gasteiger partial charge in [0.2, 0.25) is 0 Å². The average molecular weight is 380 g/mol. The Hall–Kier alpha value is -0.930. The molecule has 2 nitrogen and oxygen atoms in total. The molecule has 0 aliphatic rings. The van der Waals surface area contributed by atoms with Gasteiger partial charge in [-0.1, -0.05) is 0 Å². The molecule has 0 saturated carbocycles. The number of alkyl halides is 5. The standard InChI is InChI=1S/C10H6F5IO2/c1-4(17)5-2-3-6(10(13,14)15)8(7(5)16)18-9(11)12/h2-3,9H,1H3. The molecule has 100 valence electrons. The second kappa shape index (κ2) is 5.37. The molecule has 0 atom stereocenters. The van der Waals surface area contributed by atoms with Gasteiger partial charge in [0, 0.05) is 5.56 Å². The zero-order valence-corrected chi connectivity index (χ0v) is 11.0. The number of carbonyl (C=O) groups excluding carboxylic acids is 1. The van der Waals surface area contributed by atoms with Gasteiger partial charge in [0.05, 0.1) is 9.13 Å². The summed E-state index contributed by atoms with van der Waals surface area (Å²) in [5.41, 5.74) is -1.43. The van der Waals surface area contributed by atoms with E-state index in [0.29, 0.717) is 6.07 Å². The van der Waals surface area contributed by atoms with Crippen molar-refractivity contribution in [2.75, 3.05) is 0 Å². The van der Waals surface area contributed by atoms with Crippen LogP contribution >= 0.6 is 22.6 Å². The van der Waals surface area contributed by atoms with Gasteiger partial charge in [0.25, 0.3) is 0 Å². The van der Waals surface area contributed by atoms with E-state index < -0.39 is 29.9 Å². The quantitative estimate of drug-likeness (QED) is 0.448. The summed E-state index contributed by atoms with van der Waals surface area (Å²) < 4.78 is 65.6. The van der Waals surface area contributed by atoms with Gasteiger partial charge in [-0.25, -0.2) is 0 Å². The molecule has 0 amide bonds. The topological polar surface area (TPSA) is 26.3 Å². The predicted octanol–water partition coefficient (Wildman–Crippen LogP) is 4.11. The van der Waals surface area contributed by atoms with Crippen molar-refractivity contribution in [3.05, 3.63) is 26.8 Å². The van der Waals surface area contributed by atoms with E-state index in [2.05, 4.69) is 4.74 Å². The molecule has 0 unspecified atom stereocenters. The molecule has 1 aromatic carbocycles. The van der Waals surface area contributed by atoms with Crippen LogP contribution in [0.25, 0.3) is 0 Å². The third kappa shape index (κ3) is 3.30. The zero-order chi connectivity index (χ0) is 14.1. The molecular weight excluding hydrogens is 374 g/mol. The van der Waals surface area contributed by atoms with Crippen LogP contribution in [0.2, 0.25) is 0 Å². The largest absolute Gasteiger partial charge is 0.433 e. The zero-order valence-electron chi connectivity index (χ0n) is 8.82. The number of carbonyl (C=O) groups is 1. The van der Waals surface area contributed by atoms with Crippen molar-refractivity contribution in [1.29, 1.82) is 0 Å². The second-order valence-electron chi connectivity index (χ2n) is 3.24. The fourth-order valence-electron chi connectivity index (χ4n) is 1.26. The van der Waals surface area contributed by atoms with Gasteiger partial charge in [-0.2, -0.15) is 22.0 Å². The number of halogens is 6. The number of ketones is 1. The molecule has 0 bridgehead atoms. The molecule has 0 fully saturated rings. The fraction of sp³-hybridized carbons (Fsp3) is 0.300. The summed E-state index contributed by atoms with van der Waals surface area (Å²) in [4.78, 5) is 11.1. The maximum atomic E-state index is 12.6. The average Bonchev–Trinajstić information content (AvgIpc) is 2.17. The molecule has 0 aromatic heterocycles. The van der Waals surface area contributed by atoms with E-state index in [1.54, 1.807) is 0 Å². The highest BCUT2D eigenvalue weighted by Crippen LogP contribution is 2.40. The summed E-state index contributed by atoms with van der Waals surface area (Å²) in [5.74, 6) is -1.56. The number of hydrogen-bond acceptors (Lipinski definition) is 2. The van der Waals surface area contributed by atoms with Crippen molar-refractivity contribution in [3.8, 4) is 5.75 Å². The van der Waals surface area contributed by atoms with Crippen LogP contribution in [0.4, 0.5) is 22.0 Å². The van der Waals surface area contributed by atoms with E-state index in [1.165, 1.54) is 22.6 Å². The van der Waals surface area contributed by atoms with E-state index in [1.807, 2.05) is 0 Å². The number of Topliss-reactive ketones (excluding diaryl/α,β-unsaturated/α-hetero) is 1. The molecule has 0 heterocycles. The Kier molecular flexibility index (Phi) is 4.51. The lowest BCUT2D eigenvalue weighted by Gasteiger charge is -2.16. The van der Waals surface area contributed by atoms with Crippen molar-refractivity contribution in [3.63, 3.8) is 0 Å². The Morgan fingerprint density at radius 3 is 2.28 bits per heavy atom.